The summed E-state index contributed by atoms with van der Waals surface area (Å²) in [7, 11) is 0. The van der Waals surface area contributed by atoms with Crippen LogP contribution >= 0.6 is 0 Å². The third-order valence-corrected chi connectivity index (χ3v) is 2.77. The first-order chi connectivity index (χ1) is 9.08. The maximum Gasteiger partial charge on any atom is 0.272 e. The molecule has 100 valence electrons. The standard InChI is InChI=1S/C12H14N4O3/c1-8-4-9(2-3-11(8)16(18)19)14-6-12(17)10-5-13-7-15-10/h2-5,7,12,14,17H,6H2,1H3,(H,13,15). The lowest BCUT2D eigenvalue weighted by Gasteiger charge is -2.11. The number of benzene rings is 1. The molecule has 0 aliphatic carbocycles. The Morgan fingerprint density at radius 2 is 2.37 bits per heavy atom. The molecule has 0 saturated heterocycles. The Balaban J connectivity index is 2.00. The van der Waals surface area contributed by atoms with Gasteiger partial charge in [-0.05, 0) is 19.1 Å². The first-order valence-electron chi connectivity index (χ1n) is 5.73. The van der Waals surface area contributed by atoms with E-state index >= 15 is 0 Å². The molecular weight excluding hydrogens is 248 g/mol. The number of hydrogen-bond acceptors (Lipinski definition) is 5. The van der Waals surface area contributed by atoms with Crippen LogP contribution in [0.5, 0.6) is 0 Å². The highest BCUT2D eigenvalue weighted by Gasteiger charge is 2.12. The van der Waals surface area contributed by atoms with Crippen molar-refractivity contribution < 1.29 is 10.0 Å². The normalized spacial score (nSPS) is 12.1. The van der Waals surface area contributed by atoms with Gasteiger partial charge in [-0.25, -0.2) is 4.98 Å². The van der Waals surface area contributed by atoms with Crippen molar-refractivity contribution in [2.45, 2.75) is 13.0 Å². The molecule has 1 aromatic heterocycles. The first kappa shape index (κ1) is 13.0. The van der Waals surface area contributed by atoms with E-state index in [2.05, 4.69) is 15.3 Å². The molecule has 0 aliphatic rings. The number of nitrogens with zero attached hydrogens (tertiary/aromatic N) is 2. The van der Waals surface area contributed by atoms with Crippen LogP contribution in [0.2, 0.25) is 0 Å². The van der Waals surface area contributed by atoms with E-state index in [1.807, 2.05) is 0 Å². The van der Waals surface area contributed by atoms with E-state index in [-0.39, 0.29) is 5.69 Å². The van der Waals surface area contributed by atoms with Gasteiger partial charge < -0.3 is 15.4 Å². The zero-order chi connectivity index (χ0) is 13.8. The van der Waals surface area contributed by atoms with E-state index < -0.39 is 11.0 Å². The van der Waals surface area contributed by atoms with Gasteiger partial charge >= 0.3 is 0 Å². The smallest absolute Gasteiger partial charge is 0.272 e. The lowest BCUT2D eigenvalue weighted by atomic mass is 10.1. The summed E-state index contributed by atoms with van der Waals surface area (Å²) < 4.78 is 0. The zero-order valence-corrected chi connectivity index (χ0v) is 10.3. The summed E-state index contributed by atoms with van der Waals surface area (Å²) in [5.41, 5.74) is 2.00. The van der Waals surface area contributed by atoms with Crippen LogP contribution in [0.3, 0.4) is 0 Å². The highest BCUT2D eigenvalue weighted by Crippen LogP contribution is 2.22. The molecule has 0 radical (unpaired) electrons. The van der Waals surface area contributed by atoms with Crippen LogP contribution in [0.25, 0.3) is 0 Å². The van der Waals surface area contributed by atoms with Gasteiger partial charge in [-0.1, -0.05) is 0 Å². The summed E-state index contributed by atoms with van der Waals surface area (Å²) in [6, 6.07) is 4.74. The molecule has 3 N–H and O–H groups in total. The average Bonchev–Trinajstić information content (AvgIpc) is 2.89. The molecule has 1 heterocycles. The van der Waals surface area contributed by atoms with E-state index in [1.54, 1.807) is 25.3 Å². The number of aromatic amines is 1. The summed E-state index contributed by atoms with van der Waals surface area (Å²) >= 11 is 0. The maximum atomic E-state index is 10.7. The van der Waals surface area contributed by atoms with Crippen LogP contribution in [-0.4, -0.2) is 26.5 Å². The molecule has 7 nitrogen and oxygen atoms in total. The number of imidazole rings is 1. The Bertz CT molecular complexity index is 568. The Kier molecular flexibility index (Phi) is 3.76. The minimum atomic E-state index is -0.710. The minimum absolute atomic E-state index is 0.0830. The zero-order valence-electron chi connectivity index (χ0n) is 10.3. The molecule has 0 saturated carbocycles. The van der Waals surface area contributed by atoms with Gasteiger partial charge in [0.05, 0.1) is 23.1 Å². The van der Waals surface area contributed by atoms with Gasteiger partial charge in [0.15, 0.2) is 0 Å². The summed E-state index contributed by atoms with van der Waals surface area (Å²) in [5.74, 6) is 0. The first-order valence-corrected chi connectivity index (χ1v) is 5.73. The highest BCUT2D eigenvalue weighted by molar-refractivity contribution is 5.53. The molecule has 0 spiro atoms. The van der Waals surface area contributed by atoms with Crippen LogP contribution in [0.15, 0.2) is 30.7 Å². The van der Waals surface area contributed by atoms with E-state index in [0.717, 1.165) is 5.69 Å². The lowest BCUT2D eigenvalue weighted by molar-refractivity contribution is -0.385. The second-order valence-corrected chi connectivity index (χ2v) is 4.16. The summed E-state index contributed by atoms with van der Waals surface area (Å²) in [6.45, 7) is 1.97. The van der Waals surface area contributed by atoms with Gasteiger partial charge in [0, 0.05) is 23.9 Å². The van der Waals surface area contributed by atoms with Crippen molar-refractivity contribution in [3.8, 4) is 0 Å². The average molecular weight is 262 g/mol. The molecule has 2 aromatic rings. The quantitative estimate of drug-likeness (QED) is 0.562. The molecule has 19 heavy (non-hydrogen) atoms. The molecule has 1 unspecified atom stereocenters. The number of nitro groups is 1. The van der Waals surface area contributed by atoms with Crippen molar-refractivity contribution in [2.75, 3.05) is 11.9 Å². The van der Waals surface area contributed by atoms with Crippen molar-refractivity contribution in [3.05, 3.63) is 52.1 Å². The lowest BCUT2D eigenvalue weighted by Crippen LogP contribution is -2.12. The molecule has 0 aliphatic heterocycles. The van der Waals surface area contributed by atoms with Gasteiger partial charge in [0.2, 0.25) is 0 Å². The van der Waals surface area contributed by atoms with Crippen LogP contribution in [0.1, 0.15) is 17.4 Å². The van der Waals surface area contributed by atoms with Crippen molar-refractivity contribution >= 4 is 11.4 Å². The van der Waals surface area contributed by atoms with E-state index in [9.17, 15) is 15.2 Å². The largest absolute Gasteiger partial charge is 0.385 e. The topological polar surface area (TPSA) is 104 Å². The van der Waals surface area contributed by atoms with Crippen molar-refractivity contribution in [3.63, 3.8) is 0 Å². The molecule has 1 aromatic carbocycles. The monoisotopic (exact) mass is 262 g/mol. The number of hydrogen-bond donors (Lipinski definition) is 3. The van der Waals surface area contributed by atoms with Crippen LogP contribution in [-0.2, 0) is 0 Å². The number of nitro benzene ring substituents is 1. The van der Waals surface area contributed by atoms with Crippen LogP contribution in [0.4, 0.5) is 11.4 Å². The van der Waals surface area contributed by atoms with Crippen molar-refractivity contribution in [1.82, 2.24) is 9.97 Å². The third-order valence-electron chi connectivity index (χ3n) is 2.77. The number of aryl methyl sites for hydroxylation is 1. The Labute approximate surface area is 109 Å². The fourth-order valence-electron chi connectivity index (χ4n) is 1.74. The SMILES string of the molecule is Cc1cc(NCC(O)c2cnc[nH]2)ccc1[N+](=O)[O-]. The predicted molar refractivity (Wildman–Crippen MR) is 69.9 cm³/mol. The number of aliphatic hydroxyl groups is 1. The molecule has 7 heteroatoms. The van der Waals surface area contributed by atoms with E-state index in [4.69, 9.17) is 0 Å². The summed E-state index contributed by atoms with van der Waals surface area (Å²) in [4.78, 5) is 16.9. The van der Waals surface area contributed by atoms with Crippen LogP contribution in [0, 0.1) is 17.0 Å². The van der Waals surface area contributed by atoms with E-state index in [0.29, 0.717) is 17.8 Å². The second-order valence-electron chi connectivity index (χ2n) is 4.16. The predicted octanol–water partition coefficient (Wildman–Crippen LogP) is 1.77. The second kappa shape index (κ2) is 5.49. The van der Waals surface area contributed by atoms with Gasteiger partial charge in [0.25, 0.3) is 5.69 Å². The number of rotatable bonds is 5. The fraction of sp³-hybridized carbons (Fsp3) is 0.250. The number of H-pyrrole nitrogens is 1. The molecule has 1 atom stereocenters. The molecule has 2 rings (SSSR count). The fourth-order valence-corrected chi connectivity index (χ4v) is 1.74. The highest BCUT2D eigenvalue weighted by atomic mass is 16.6. The number of aromatic nitrogens is 2. The molecule has 0 amide bonds. The molecular formula is C12H14N4O3. The summed E-state index contributed by atoms with van der Waals surface area (Å²) in [5, 5.41) is 23.5. The Morgan fingerprint density at radius 1 is 1.58 bits per heavy atom. The van der Waals surface area contributed by atoms with Gasteiger partial charge in [-0.2, -0.15) is 0 Å². The van der Waals surface area contributed by atoms with Crippen molar-refractivity contribution in [2.24, 2.45) is 0 Å². The summed E-state index contributed by atoms with van der Waals surface area (Å²) in [6.07, 6.45) is 2.33. The molecule has 0 fully saturated rings. The third kappa shape index (κ3) is 3.08. The Morgan fingerprint density at radius 3 is 2.95 bits per heavy atom. The Hall–Kier alpha value is -2.41. The maximum absolute atomic E-state index is 10.7. The van der Waals surface area contributed by atoms with E-state index in [1.165, 1.54) is 12.4 Å². The van der Waals surface area contributed by atoms with Gasteiger partial charge in [-0.15, -0.1) is 0 Å². The van der Waals surface area contributed by atoms with Gasteiger partial charge in [0.1, 0.15) is 6.10 Å². The molecule has 0 bridgehead atoms. The minimum Gasteiger partial charge on any atom is -0.385 e. The van der Waals surface area contributed by atoms with Crippen LogP contribution < -0.4 is 5.32 Å². The van der Waals surface area contributed by atoms with Crippen molar-refractivity contribution in [1.29, 1.82) is 0 Å². The number of aliphatic hydroxyl groups excluding tert-OH is 1. The number of nitrogens with one attached hydrogen (secondary N) is 2. The van der Waals surface area contributed by atoms with Gasteiger partial charge in [-0.3, -0.25) is 10.1 Å². The number of anilines is 1.